The summed E-state index contributed by atoms with van der Waals surface area (Å²) in [5.41, 5.74) is 3.52. The second-order valence-corrected chi connectivity index (χ2v) is 13.8. The summed E-state index contributed by atoms with van der Waals surface area (Å²) < 4.78 is 28.3. The fourth-order valence-electron chi connectivity index (χ4n) is 7.32. The third kappa shape index (κ3) is 5.00. The molecule has 0 aromatic heterocycles. The molecule has 0 radical (unpaired) electrons. The monoisotopic (exact) mass is 480 g/mol. The first kappa shape index (κ1) is 24.0. The van der Waals surface area contributed by atoms with E-state index in [1.165, 1.54) is 6.42 Å². The fourth-order valence-corrected chi connectivity index (χ4v) is 9.33. The van der Waals surface area contributed by atoms with Crippen LogP contribution in [0.25, 0.3) is 0 Å². The SMILES string of the molecule is CC1CCC(S(=O)(=O)N2CCC(C3CCN4NCC(C(=O)N5CCCCC5)C4C3)CC2)CC1. The normalized spacial score (nSPS) is 37.7. The average Bonchev–Trinajstić information content (AvgIpc) is 3.28. The van der Waals surface area contributed by atoms with Crippen LogP contribution in [-0.2, 0) is 14.8 Å². The number of likely N-dealkylation sites (tertiary alicyclic amines) is 1. The molecule has 1 aliphatic carbocycles. The first-order valence-electron chi connectivity index (χ1n) is 13.7. The molecule has 33 heavy (non-hydrogen) atoms. The molecule has 188 valence electrons. The zero-order valence-electron chi connectivity index (χ0n) is 20.5. The van der Waals surface area contributed by atoms with E-state index in [2.05, 4.69) is 22.3 Å². The van der Waals surface area contributed by atoms with E-state index in [0.717, 1.165) is 90.4 Å². The largest absolute Gasteiger partial charge is 0.342 e. The molecule has 4 aliphatic heterocycles. The molecule has 1 N–H and O–H groups in total. The van der Waals surface area contributed by atoms with E-state index in [1.54, 1.807) is 0 Å². The smallest absolute Gasteiger partial charge is 0.228 e. The summed E-state index contributed by atoms with van der Waals surface area (Å²) in [4.78, 5) is 15.4. The molecule has 3 atom stereocenters. The molecule has 1 saturated carbocycles. The molecule has 3 unspecified atom stereocenters. The molecule has 0 bridgehead atoms. The Kier molecular flexibility index (Phi) is 7.36. The maximum absolute atomic E-state index is 13.2. The van der Waals surface area contributed by atoms with Crippen molar-refractivity contribution in [3.8, 4) is 0 Å². The van der Waals surface area contributed by atoms with E-state index in [1.807, 2.05) is 4.31 Å². The van der Waals surface area contributed by atoms with Crippen molar-refractivity contribution in [2.45, 2.75) is 88.8 Å². The standard InChI is InChI=1S/C25H44N4O3S/c1-19-5-7-22(8-6-19)33(31,32)28-14-9-20(10-15-28)21-11-16-29-24(17-21)23(18-26-29)25(30)27-12-3-2-4-13-27/h19-24,26H,2-18H2,1H3. The van der Waals surface area contributed by atoms with Gasteiger partial charge in [-0.2, -0.15) is 0 Å². The van der Waals surface area contributed by atoms with Crippen LogP contribution < -0.4 is 5.43 Å². The third-order valence-corrected chi connectivity index (χ3v) is 12.0. The second-order valence-electron chi connectivity index (χ2n) is 11.6. The predicted octanol–water partition coefficient (Wildman–Crippen LogP) is 2.83. The van der Waals surface area contributed by atoms with E-state index in [9.17, 15) is 13.2 Å². The Morgan fingerprint density at radius 3 is 2.18 bits per heavy atom. The molecular weight excluding hydrogens is 436 g/mol. The highest BCUT2D eigenvalue weighted by Gasteiger charge is 2.46. The van der Waals surface area contributed by atoms with Crippen LogP contribution in [0.4, 0.5) is 0 Å². The quantitative estimate of drug-likeness (QED) is 0.670. The van der Waals surface area contributed by atoms with Crippen molar-refractivity contribution in [2.24, 2.45) is 23.7 Å². The van der Waals surface area contributed by atoms with Crippen LogP contribution in [-0.4, -0.2) is 79.1 Å². The Hall–Kier alpha value is -0.700. The summed E-state index contributed by atoms with van der Waals surface area (Å²) >= 11 is 0. The fraction of sp³-hybridized carbons (Fsp3) is 0.960. The van der Waals surface area contributed by atoms with Crippen molar-refractivity contribution in [2.75, 3.05) is 39.3 Å². The number of nitrogens with zero attached hydrogens (tertiary/aromatic N) is 3. The van der Waals surface area contributed by atoms with Crippen molar-refractivity contribution >= 4 is 15.9 Å². The van der Waals surface area contributed by atoms with Crippen LogP contribution in [0, 0.1) is 23.7 Å². The molecule has 1 amide bonds. The van der Waals surface area contributed by atoms with Gasteiger partial charge in [0.15, 0.2) is 0 Å². The summed E-state index contributed by atoms with van der Waals surface area (Å²) in [5, 5.41) is 2.19. The third-order valence-electron chi connectivity index (χ3n) is 9.56. The van der Waals surface area contributed by atoms with Crippen molar-refractivity contribution in [3.05, 3.63) is 0 Å². The number of sulfonamides is 1. The van der Waals surface area contributed by atoms with Gasteiger partial charge in [0.2, 0.25) is 15.9 Å². The summed E-state index contributed by atoms with van der Waals surface area (Å²) in [7, 11) is -3.14. The van der Waals surface area contributed by atoms with Gasteiger partial charge >= 0.3 is 0 Å². The van der Waals surface area contributed by atoms with Crippen molar-refractivity contribution in [1.29, 1.82) is 0 Å². The number of carbonyl (C=O) groups excluding carboxylic acids is 1. The first-order valence-corrected chi connectivity index (χ1v) is 15.2. The highest BCUT2D eigenvalue weighted by Crippen LogP contribution is 2.39. The van der Waals surface area contributed by atoms with Gasteiger partial charge < -0.3 is 4.90 Å². The summed E-state index contributed by atoms with van der Waals surface area (Å²) in [5.74, 6) is 2.32. The van der Waals surface area contributed by atoms with Gasteiger partial charge in [0.05, 0.1) is 11.2 Å². The number of hydrogen-bond acceptors (Lipinski definition) is 5. The number of fused-ring (bicyclic) bond motifs is 1. The predicted molar refractivity (Wildman–Crippen MR) is 130 cm³/mol. The number of piperidine rings is 3. The number of rotatable bonds is 4. The first-order chi connectivity index (χ1) is 15.9. The van der Waals surface area contributed by atoms with Gasteiger partial charge in [-0.3, -0.25) is 10.2 Å². The lowest BCUT2D eigenvalue weighted by atomic mass is 9.75. The lowest BCUT2D eigenvalue weighted by molar-refractivity contribution is -0.137. The van der Waals surface area contributed by atoms with E-state index in [0.29, 0.717) is 42.8 Å². The topological polar surface area (TPSA) is 73.0 Å². The molecular formula is C25H44N4O3S. The lowest BCUT2D eigenvalue weighted by Gasteiger charge is -2.43. The van der Waals surface area contributed by atoms with Crippen molar-refractivity contribution < 1.29 is 13.2 Å². The molecule has 4 saturated heterocycles. The molecule has 8 heteroatoms. The van der Waals surface area contributed by atoms with Crippen LogP contribution in [0.3, 0.4) is 0 Å². The van der Waals surface area contributed by atoms with Gasteiger partial charge in [-0.25, -0.2) is 17.7 Å². The molecule has 5 aliphatic rings. The van der Waals surface area contributed by atoms with Crippen LogP contribution in [0.5, 0.6) is 0 Å². The molecule has 0 spiro atoms. The van der Waals surface area contributed by atoms with Gasteiger partial charge in [0.1, 0.15) is 0 Å². The van der Waals surface area contributed by atoms with E-state index in [4.69, 9.17) is 0 Å². The van der Waals surface area contributed by atoms with Crippen LogP contribution in [0.2, 0.25) is 0 Å². The Labute approximate surface area is 200 Å². The minimum Gasteiger partial charge on any atom is -0.342 e. The molecule has 5 fully saturated rings. The number of amides is 1. The highest BCUT2D eigenvalue weighted by molar-refractivity contribution is 7.89. The average molecular weight is 481 g/mol. The van der Waals surface area contributed by atoms with Crippen LogP contribution in [0.15, 0.2) is 0 Å². The number of hydrogen-bond donors (Lipinski definition) is 1. The maximum atomic E-state index is 13.2. The Morgan fingerprint density at radius 1 is 0.818 bits per heavy atom. The van der Waals surface area contributed by atoms with Gasteiger partial charge in [-0.1, -0.05) is 6.92 Å². The summed E-state index contributed by atoms with van der Waals surface area (Å²) in [6.45, 7) is 7.28. The Balaban J connectivity index is 1.16. The number of hydrazine groups is 1. The number of carbonyl (C=O) groups is 1. The van der Waals surface area contributed by atoms with Crippen molar-refractivity contribution in [3.63, 3.8) is 0 Å². The Morgan fingerprint density at radius 2 is 1.48 bits per heavy atom. The summed E-state index contributed by atoms with van der Waals surface area (Å²) in [6.07, 6.45) is 11.5. The van der Waals surface area contributed by atoms with Gasteiger partial charge in [-0.05, 0) is 88.4 Å². The molecule has 0 aromatic carbocycles. The lowest BCUT2D eigenvalue weighted by Crippen LogP contribution is -2.50. The molecule has 7 nitrogen and oxygen atoms in total. The minimum atomic E-state index is -3.14. The van der Waals surface area contributed by atoms with E-state index < -0.39 is 10.0 Å². The highest BCUT2D eigenvalue weighted by atomic mass is 32.2. The maximum Gasteiger partial charge on any atom is 0.228 e. The minimum absolute atomic E-state index is 0.0834. The van der Waals surface area contributed by atoms with E-state index in [-0.39, 0.29) is 11.2 Å². The zero-order chi connectivity index (χ0) is 23.0. The van der Waals surface area contributed by atoms with Crippen molar-refractivity contribution in [1.82, 2.24) is 19.6 Å². The zero-order valence-corrected chi connectivity index (χ0v) is 21.3. The second kappa shape index (κ2) is 10.1. The van der Waals surface area contributed by atoms with Crippen LogP contribution >= 0.6 is 0 Å². The van der Waals surface area contributed by atoms with Gasteiger partial charge in [0.25, 0.3) is 0 Å². The number of nitrogens with one attached hydrogen (secondary N) is 1. The van der Waals surface area contributed by atoms with Crippen LogP contribution in [0.1, 0.15) is 77.6 Å². The Bertz CT molecular complexity index is 783. The van der Waals surface area contributed by atoms with Gasteiger partial charge in [-0.15, -0.1) is 0 Å². The summed E-state index contributed by atoms with van der Waals surface area (Å²) in [6, 6.07) is 0.309. The molecule has 5 rings (SSSR count). The molecule has 4 heterocycles. The molecule has 0 aromatic rings. The van der Waals surface area contributed by atoms with Gasteiger partial charge in [0, 0.05) is 45.3 Å². The van der Waals surface area contributed by atoms with E-state index >= 15 is 0 Å².